The maximum Gasteiger partial charge on any atom is 0.408 e. The van der Waals surface area contributed by atoms with Crippen molar-refractivity contribution in [1.29, 1.82) is 0 Å². The van der Waals surface area contributed by atoms with Crippen LogP contribution < -0.4 is 14.8 Å². The predicted molar refractivity (Wildman–Crippen MR) is 141 cm³/mol. The van der Waals surface area contributed by atoms with Crippen LogP contribution >= 0.6 is 0 Å². The van der Waals surface area contributed by atoms with Gasteiger partial charge < -0.3 is 29.0 Å². The lowest BCUT2D eigenvalue weighted by Gasteiger charge is -2.28. The first-order valence-corrected chi connectivity index (χ1v) is 12.5. The fourth-order valence-corrected chi connectivity index (χ4v) is 3.91. The van der Waals surface area contributed by atoms with E-state index in [1.165, 1.54) is 0 Å². The van der Waals surface area contributed by atoms with Crippen LogP contribution in [0.4, 0.5) is 4.79 Å². The molecule has 1 N–H and O–H groups in total. The Morgan fingerprint density at radius 3 is 1.87 bits per heavy atom. The second kappa shape index (κ2) is 12.3. The Balaban J connectivity index is 1.65. The number of alkyl carbamates (subject to hydrolysis) is 1. The van der Waals surface area contributed by atoms with E-state index in [0.717, 1.165) is 11.1 Å². The van der Waals surface area contributed by atoms with E-state index < -0.39 is 35.6 Å². The van der Waals surface area contributed by atoms with Crippen LogP contribution in [0.15, 0.2) is 78.9 Å². The average molecular weight is 534 g/mol. The van der Waals surface area contributed by atoms with Crippen molar-refractivity contribution < 1.29 is 38.1 Å². The van der Waals surface area contributed by atoms with Gasteiger partial charge >= 0.3 is 18.0 Å². The van der Waals surface area contributed by atoms with Crippen molar-refractivity contribution in [2.75, 3.05) is 6.79 Å². The van der Waals surface area contributed by atoms with Crippen LogP contribution in [0, 0.1) is 5.92 Å². The Hall–Kier alpha value is -4.53. The van der Waals surface area contributed by atoms with Crippen LogP contribution in [0.5, 0.6) is 11.5 Å². The van der Waals surface area contributed by atoms with Gasteiger partial charge in [-0.25, -0.2) is 4.79 Å². The van der Waals surface area contributed by atoms with E-state index in [1.54, 1.807) is 63.2 Å². The first kappa shape index (κ1) is 27.5. The summed E-state index contributed by atoms with van der Waals surface area (Å²) in [7, 11) is 0. The number of ether oxygens (including phenoxy) is 5. The summed E-state index contributed by atoms with van der Waals surface area (Å²) in [6, 6.07) is 21.8. The maximum atomic E-state index is 13.5. The van der Waals surface area contributed by atoms with Crippen molar-refractivity contribution in [3.8, 4) is 11.5 Å². The van der Waals surface area contributed by atoms with Crippen molar-refractivity contribution >= 4 is 18.0 Å². The molecule has 9 nitrogen and oxygen atoms in total. The highest BCUT2D eigenvalue weighted by molar-refractivity contribution is 5.96. The lowest BCUT2D eigenvalue weighted by molar-refractivity contribution is -0.165. The molecular weight excluding hydrogens is 502 g/mol. The SMILES string of the molecule is CC(C)(C)OC(=O)N[C@H](c1ccc2c(c1)OCO2)C(C(=O)OCc1ccccc1)C(=O)OCc1ccccc1. The number of rotatable bonds is 9. The van der Waals surface area contributed by atoms with Gasteiger partial charge in [0.05, 0.1) is 6.04 Å². The molecule has 1 aliphatic rings. The Morgan fingerprint density at radius 1 is 0.795 bits per heavy atom. The van der Waals surface area contributed by atoms with Gasteiger partial charge in [0.25, 0.3) is 0 Å². The molecule has 0 saturated carbocycles. The maximum absolute atomic E-state index is 13.5. The highest BCUT2D eigenvalue weighted by Crippen LogP contribution is 2.36. The summed E-state index contributed by atoms with van der Waals surface area (Å²) >= 11 is 0. The molecule has 204 valence electrons. The minimum absolute atomic E-state index is 0.0324. The van der Waals surface area contributed by atoms with Gasteiger partial charge in [0.2, 0.25) is 6.79 Å². The zero-order valence-electron chi connectivity index (χ0n) is 22.0. The van der Waals surface area contributed by atoms with Gasteiger partial charge in [-0.05, 0) is 49.6 Å². The molecule has 3 aromatic rings. The molecule has 39 heavy (non-hydrogen) atoms. The molecule has 0 bridgehead atoms. The molecule has 1 heterocycles. The van der Waals surface area contributed by atoms with Crippen LogP contribution in [0.25, 0.3) is 0 Å². The van der Waals surface area contributed by atoms with Crippen molar-refractivity contribution in [2.24, 2.45) is 5.92 Å². The molecule has 3 aromatic carbocycles. The Bertz CT molecular complexity index is 1230. The zero-order valence-corrected chi connectivity index (χ0v) is 22.0. The number of esters is 2. The molecule has 4 rings (SSSR count). The molecule has 1 amide bonds. The van der Waals surface area contributed by atoms with Crippen molar-refractivity contribution in [2.45, 2.75) is 45.6 Å². The largest absolute Gasteiger partial charge is 0.460 e. The molecule has 1 atom stereocenters. The second-order valence-corrected chi connectivity index (χ2v) is 9.90. The molecule has 0 aromatic heterocycles. The second-order valence-electron chi connectivity index (χ2n) is 9.90. The van der Waals surface area contributed by atoms with Crippen LogP contribution in [-0.4, -0.2) is 30.4 Å². The summed E-state index contributed by atoms with van der Waals surface area (Å²) in [6.07, 6.45) is -0.818. The van der Waals surface area contributed by atoms with Gasteiger partial charge in [0.1, 0.15) is 18.8 Å². The fourth-order valence-electron chi connectivity index (χ4n) is 3.91. The molecule has 0 spiro atoms. The van der Waals surface area contributed by atoms with Crippen molar-refractivity contribution in [3.05, 3.63) is 95.6 Å². The summed E-state index contributed by atoms with van der Waals surface area (Å²) in [5.74, 6) is -2.36. The van der Waals surface area contributed by atoms with E-state index in [0.29, 0.717) is 17.1 Å². The van der Waals surface area contributed by atoms with Gasteiger partial charge in [-0.2, -0.15) is 0 Å². The third-order valence-electron chi connectivity index (χ3n) is 5.72. The minimum atomic E-state index is -1.55. The topological polar surface area (TPSA) is 109 Å². The number of carbonyl (C=O) groups is 3. The predicted octanol–water partition coefficient (Wildman–Crippen LogP) is 5.08. The number of hydrogen-bond acceptors (Lipinski definition) is 8. The molecular formula is C30H31NO8. The first-order valence-electron chi connectivity index (χ1n) is 12.5. The number of nitrogens with one attached hydrogen (secondary N) is 1. The van der Waals surface area contributed by atoms with Crippen molar-refractivity contribution in [1.82, 2.24) is 5.32 Å². The van der Waals surface area contributed by atoms with Crippen LogP contribution in [0.3, 0.4) is 0 Å². The van der Waals surface area contributed by atoms with E-state index in [4.69, 9.17) is 23.7 Å². The lowest BCUT2D eigenvalue weighted by Crippen LogP contribution is -2.43. The van der Waals surface area contributed by atoms with Gasteiger partial charge in [0, 0.05) is 0 Å². The summed E-state index contributed by atoms with van der Waals surface area (Å²) in [6.45, 7) is 5.03. The molecule has 0 radical (unpaired) electrons. The van der Waals surface area contributed by atoms with Crippen molar-refractivity contribution in [3.63, 3.8) is 0 Å². The van der Waals surface area contributed by atoms with E-state index in [2.05, 4.69) is 5.32 Å². The highest BCUT2D eigenvalue weighted by atomic mass is 16.7. The van der Waals surface area contributed by atoms with E-state index >= 15 is 0 Å². The smallest absolute Gasteiger partial charge is 0.408 e. The van der Waals surface area contributed by atoms with Gasteiger partial charge in [-0.1, -0.05) is 66.7 Å². The minimum Gasteiger partial charge on any atom is -0.460 e. The molecule has 9 heteroatoms. The van der Waals surface area contributed by atoms with Gasteiger partial charge in [-0.3, -0.25) is 9.59 Å². The van der Waals surface area contributed by atoms with E-state index in [9.17, 15) is 14.4 Å². The summed E-state index contributed by atoms with van der Waals surface area (Å²) in [5.41, 5.74) is 1.06. The first-order chi connectivity index (χ1) is 18.7. The van der Waals surface area contributed by atoms with Crippen LogP contribution in [0.1, 0.15) is 43.5 Å². The molecule has 0 fully saturated rings. The average Bonchev–Trinajstić information content (AvgIpc) is 3.38. The van der Waals surface area contributed by atoms with E-state index in [-0.39, 0.29) is 20.0 Å². The summed E-state index contributed by atoms with van der Waals surface area (Å²) < 4.78 is 27.4. The van der Waals surface area contributed by atoms with E-state index in [1.807, 2.05) is 36.4 Å². The van der Waals surface area contributed by atoms with Crippen LogP contribution in [-0.2, 0) is 37.0 Å². The monoisotopic (exact) mass is 533 g/mol. The number of fused-ring (bicyclic) bond motifs is 1. The number of amides is 1. The summed E-state index contributed by atoms with van der Waals surface area (Å²) in [5, 5.41) is 2.68. The number of hydrogen-bond donors (Lipinski definition) is 1. The molecule has 0 saturated heterocycles. The summed E-state index contributed by atoms with van der Waals surface area (Å²) in [4.78, 5) is 39.9. The standard InChI is InChI=1S/C30H31NO8/c1-30(2,3)39-29(34)31-26(22-14-15-23-24(16-22)38-19-37-23)25(27(32)35-17-20-10-6-4-7-11-20)28(33)36-18-21-12-8-5-9-13-21/h4-16,25-26H,17-19H2,1-3H3,(H,31,34)/t26-/m1/s1. The molecule has 0 unspecified atom stereocenters. The quantitative estimate of drug-likeness (QED) is 0.230. The van der Waals surface area contributed by atoms with Gasteiger partial charge in [-0.15, -0.1) is 0 Å². The van der Waals surface area contributed by atoms with Crippen LogP contribution in [0.2, 0.25) is 0 Å². The van der Waals surface area contributed by atoms with Gasteiger partial charge in [0.15, 0.2) is 17.4 Å². The Morgan fingerprint density at radius 2 is 1.33 bits per heavy atom. The fraction of sp³-hybridized carbons (Fsp3) is 0.300. The third-order valence-corrected chi connectivity index (χ3v) is 5.72. The number of carbonyl (C=O) groups excluding carboxylic acids is 3. The third kappa shape index (κ3) is 7.73. The number of benzene rings is 3. The Kier molecular flexibility index (Phi) is 8.70. The zero-order chi connectivity index (χ0) is 27.8. The Labute approximate surface area is 227 Å². The normalized spacial score (nSPS) is 12.9. The molecule has 1 aliphatic heterocycles. The molecule has 0 aliphatic carbocycles. The highest BCUT2D eigenvalue weighted by Gasteiger charge is 2.41. The lowest BCUT2D eigenvalue weighted by atomic mass is 9.92.